The number of aliphatic carboxylic acids is 1. The van der Waals surface area contributed by atoms with Gasteiger partial charge < -0.3 is 14.9 Å². The Morgan fingerprint density at radius 1 is 1.42 bits per heavy atom. The van der Waals surface area contributed by atoms with Crippen LogP contribution in [0.2, 0.25) is 0 Å². The summed E-state index contributed by atoms with van der Waals surface area (Å²) in [7, 11) is 0. The fourth-order valence-corrected chi connectivity index (χ4v) is 1.82. The van der Waals surface area contributed by atoms with Gasteiger partial charge in [0.15, 0.2) is 0 Å². The van der Waals surface area contributed by atoms with E-state index in [9.17, 15) is 9.59 Å². The summed E-state index contributed by atoms with van der Waals surface area (Å²) in [4.78, 5) is 23.0. The summed E-state index contributed by atoms with van der Waals surface area (Å²) in [5.74, 6) is -0.877. The van der Waals surface area contributed by atoms with Crippen molar-refractivity contribution >= 4 is 11.9 Å². The molecule has 0 saturated heterocycles. The number of nitrogens with one attached hydrogen (secondary N) is 1. The van der Waals surface area contributed by atoms with Gasteiger partial charge in [-0.3, -0.25) is 4.79 Å². The molecule has 1 unspecified atom stereocenters. The van der Waals surface area contributed by atoms with Crippen LogP contribution >= 0.6 is 0 Å². The van der Waals surface area contributed by atoms with Crippen molar-refractivity contribution in [3.8, 4) is 0 Å². The van der Waals surface area contributed by atoms with E-state index in [4.69, 9.17) is 9.63 Å². The van der Waals surface area contributed by atoms with E-state index in [0.717, 1.165) is 0 Å². The Balaban J connectivity index is 2.71. The molecule has 0 aromatic carbocycles. The molecule has 106 valence electrons. The summed E-state index contributed by atoms with van der Waals surface area (Å²) in [5.41, 5.74) is 1.37. The number of carbonyl (C=O) groups is 2. The Bertz CT molecular complexity index is 448. The highest BCUT2D eigenvalue weighted by atomic mass is 16.5. The van der Waals surface area contributed by atoms with Gasteiger partial charge in [-0.2, -0.15) is 0 Å². The lowest BCUT2D eigenvalue weighted by atomic mass is 9.99. The van der Waals surface area contributed by atoms with Gasteiger partial charge in [0, 0.05) is 5.56 Å². The van der Waals surface area contributed by atoms with Crippen LogP contribution in [0.5, 0.6) is 0 Å². The van der Waals surface area contributed by atoms with Crippen LogP contribution in [0.25, 0.3) is 0 Å². The van der Waals surface area contributed by atoms with Crippen molar-refractivity contribution in [3.63, 3.8) is 0 Å². The lowest BCUT2D eigenvalue weighted by molar-refractivity contribution is -0.143. The molecule has 1 heterocycles. The highest BCUT2D eigenvalue weighted by Gasteiger charge is 2.26. The number of aryl methyl sites for hydroxylation is 2. The molecule has 0 aliphatic heterocycles. The topological polar surface area (TPSA) is 92.4 Å². The number of rotatable bonds is 6. The Morgan fingerprint density at radius 3 is 2.47 bits per heavy atom. The summed E-state index contributed by atoms with van der Waals surface area (Å²) < 4.78 is 4.97. The van der Waals surface area contributed by atoms with E-state index < -0.39 is 12.0 Å². The van der Waals surface area contributed by atoms with Gasteiger partial charge >= 0.3 is 5.97 Å². The summed E-state index contributed by atoms with van der Waals surface area (Å²) in [6.07, 6.45) is 0.768. The molecule has 0 aliphatic rings. The Morgan fingerprint density at radius 2 is 2.05 bits per heavy atom. The number of hydrogen-bond acceptors (Lipinski definition) is 4. The van der Waals surface area contributed by atoms with Crippen molar-refractivity contribution in [1.29, 1.82) is 0 Å². The van der Waals surface area contributed by atoms with Crippen molar-refractivity contribution in [3.05, 3.63) is 17.0 Å². The molecule has 0 saturated carbocycles. The van der Waals surface area contributed by atoms with Crippen LogP contribution < -0.4 is 5.32 Å². The molecule has 1 rings (SSSR count). The van der Waals surface area contributed by atoms with Crippen LogP contribution in [0.4, 0.5) is 0 Å². The SMILES string of the molecule is CCC(C)[C@H](NC(=O)Cc1c(C)noc1C)C(=O)O. The van der Waals surface area contributed by atoms with E-state index in [1.54, 1.807) is 20.8 Å². The van der Waals surface area contributed by atoms with E-state index >= 15 is 0 Å². The molecule has 1 amide bonds. The first-order chi connectivity index (χ1) is 8.86. The number of carboxylic acids is 1. The van der Waals surface area contributed by atoms with E-state index in [2.05, 4.69) is 10.5 Å². The van der Waals surface area contributed by atoms with Crippen LogP contribution in [-0.2, 0) is 16.0 Å². The first-order valence-electron chi connectivity index (χ1n) is 6.30. The van der Waals surface area contributed by atoms with Gasteiger partial charge in [0.05, 0.1) is 12.1 Å². The highest BCUT2D eigenvalue weighted by molar-refractivity contribution is 5.85. The molecular weight excluding hydrogens is 248 g/mol. The standard InChI is InChI=1S/C13H20N2O4/c1-5-7(2)12(13(17)18)14-11(16)6-10-8(3)15-19-9(10)4/h7,12H,5-6H2,1-4H3,(H,14,16)(H,17,18)/t7?,12-/m0/s1. The third-order valence-electron chi connectivity index (χ3n) is 3.31. The summed E-state index contributed by atoms with van der Waals surface area (Å²) >= 11 is 0. The van der Waals surface area contributed by atoms with E-state index in [1.807, 2.05) is 6.92 Å². The predicted molar refractivity (Wildman–Crippen MR) is 68.7 cm³/mol. The minimum atomic E-state index is -1.01. The predicted octanol–water partition coefficient (Wildman–Crippen LogP) is 1.45. The zero-order valence-corrected chi connectivity index (χ0v) is 11.7. The molecule has 1 aromatic rings. The molecule has 6 heteroatoms. The second-order valence-electron chi connectivity index (χ2n) is 4.75. The molecule has 0 aliphatic carbocycles. The maximum Gasteiger partial charge on any atom is 0.326 e. The molecule has 0 spiro atoms. The van der Waals surface area contributed by atoms with Crippen LogP contribution in [0.15, 0.2) is 4.52 Å². The van der Waals surface area contributed by atoms with Crippen molar-refractivity contribution in [2.75, 3.05) is 0 Å². The van der Waals surface area contributed by atoms with Gasteiger partial charge in [0.2, 0.25) is 5.91 Å². The average Bonchev–Trinajstić information content (AvgIpc) is 2.66. The first kappa shape index (κ1) is 15.2. The number of carboxylic acid groups (broad SMARTS) is 1. The van der Waals surface area contributed by atoms with E-state index in [1.165, 1.54) is 0 Å². The number of nitrogens with zero attached hydrogens (tertiary/aromatic N) is 1. The maximum atomic E-state index is 11.9. The Kier molecular flexibility index (Phi) is 5.09. The number of amides is 1. The minimum absolute atomic E-state index is 0.0847. The third kappa shape index (κ3) is 3.81. The normalized spacial score (nSPS) is 13.9. The fraction of sp³-hybridized carbons (Fsp3) is 0.615. The van der Waals surface area contributed by atoms with Gasteiger partial charge in [0.1, 0.15) is 11.8 Å². The van der Waals surface area contributed by atoms with Crippen LogP contribution in [-0.4, -0.2) is 28.2 Å². The maximum absolute atomic E-state index is 11.9. The highest BCUT2D eigenvalue weighted by Crippen LogP contribution is 2.14. The third-order valence-corrected chi connectivity index (χ3v) is 3.31. The van der Waals surface area contributed by atoms with E-state index in [-0.39, 0.29) is 18.2 Å². The molecule has 19 heavy (non-hydrogen) atoms. The second-order valence-corrected chi connectivity index (χ2v) is 4.75. The molecule has 2 N–H and O–H groups in total. The largest absolute Gasteiger partial charge is 0.480 e. The van der Waals surface area contributed by atoms with Crippen LogP contribution in [0.1, 0.15) is 37.3 Å². The summed E-state index contributed by atoms with van der Waals surface area (Å²) in [6.45, 7) is 7.17. The molecule has 0 bridgehead atoms. The van der Waals surface area contributed by atoms with Gasteiger partial charge in [-0.15, -0.1) is 0 Å². The summed E-state index contributed by atoms with van der Waals surface area (Å²) in [6, 6.07) is -0.863. The van der Waals surface area contributed by atoms with Crippen molar-refractivity contribution < 1.29 is 19.2 Å². The molecule has 0 fully saturated rings. The van der Waals surface area contributed by atoms with Gasteiger partial charge in [-0.1, -0.05) is 25.4 Å². The van der Waals surface area contributed by atoms with Crippen molar-refractivity contribution in [2.24, 2.45) is 5.92 Å². The molecule has 0 radical (unpaired) electrons. The summed E-state index contributed by atoms with van der Waals surface area (Å²) in [5, 5.41) is 15.4. The second kappa shape index (κ2) is 6.36. The Hall–Kier alpha value is -1.85. The van der Waals surface area contributed by atoms with Crippen LogP contribution in [0, 0.1) is 19.8 Å². The number of hydrogen-bond donors (Lipinski definition) is 2. The lowest BCUT2D eigenvalue weighted by Crippen LogP contribution is -2.45. The lowest BCUT2D eigenvalue weighted by Gasteiger charge is -2.20. The smallest absolute Gasteiger partial charge is 0.326 e. The fourth-order valence-electron chi connectivity index (χ4n) is 1.82. The quantitative estimate of drug-likeness (QED) is 0.814. The average molecular weight is 268 g/mol. The zero-order chi connectivity index (χ0) is 14.6. The number of carbonyl (C=O) groups excluding carboxylic acids is 1. The molecule has 1 aromatic heterocycles. The Labute approximate surface area is 112 Å². The van der Waals surface area contributed by atoms with Gasteiger partial charge in [-0.05, 0) is 19.8 Å². The zero-order valence-electron chi connectivity index (χ0n) is 11.7. The molecule has 2 atom stereocenters. The van der Waals surface area contributed by atoms with Crippen LogP contribution in [0.3, 0.4) is 0 Å². The molecule has 6 nitrogen and oxygen atoms in total. The van der Waals surface area contributed by atoms with Gasteiger partial charge in [-0.25, -0.2) is 4.79 Å². The molecular formula is C13H20N2O4. The monoisotopic (exact) mass is 268 g/mol. The van der Waals surface area contributed by atoms with Gasteiger partial charge in [0.25, 0.3) is 0 Å². The number of aromatic nitrogens is 1. The van der Waals surface area contributed by atoms with Crippen molar-refractivity contribution in [2.45, 2.75) is 46.6 Å². The van der Waals surface area contributed by atoms with Crippen molar-refractivity contribution in [1.82, 2.24) is 10.5 Å². The van der Waals surface area contributed by atoms with E-state index in [0.29, 0.717) is 23.4 Å². The minimum Gasteiger partial charge on any atom is -0.480 e. The first-order valence-corrected chi connectivity index (χ1v) is 6.30.